The topological polar surface area (TPSA) is 58.3 Å². The van der Waals surface area contributed by atoms with Crippen LogP contribution in [0.15, 0.2) is 11.3 Å². The number of rotatable bonds is 4. The molecule has 7 heteroatoms. The fraction of sp³-hybridized carbons (Fsp3) is 0.800. The third-order valence-electron chi connectivity index (χ3n) is 4.36. The van der Waals surface area contributed by atoms with Crippen molar-refractivity contribution in [3.63, 3.8) is 0 Å². The summed E-state index contributed by atoms with van der Waals surface area (Å²) in [5.74, 6) is 1.89. The molecule has 6 nitrogen and oxygen atoms in total. The molecule has 0 aliphatic carbocycles. The highest BCUT2D eigenvalue weighted by Crippen LogP contribution is 2.33. The standard InChI is InChI=1S/C15H28N6.HI/c1-5-7-15(2)8-6-9-21(11-15)14(16-3)17-10-13-18-12-19-20(13)4;/h12H,5-11H2,1-4H3,(H,16,17);1H. The predicted molar refractivity (Wildman–Crippen MR) is 100 cm³/mol. The number of hydrogen-bond donors (Lipinski definition) is 1. The van der Waals surface area contributed by atoms with Crippen molar-refractivity contribution in [3.05, 3.63) is 12.2 Å². The maximum atomic E-state index is 4.44. The van der Waals surface area contributed by atoms with Gasteiger partial charge in [-0.2, -0.15) is 5.10 Å². The summed E-state index contributed by atoms with van der Waals surface area (Å²) in [5.41, 5.74) is 0.412. The third kappa shape index (κ3) is 4.82. The zero-order chi connectivity index (χ0) is 15.3. The van der Waals surface area contributed by atoms with E-state index in [1.807, 2.05) is 14.1 Å². The van der Waals surface area contributed by atoms with Crippen LogP contribution >= 0.6 is 24.0 Å². The molecule has 1 atom stereocenters. The van der Waals surface area contributed by atoms with Gasteiger partial charge in [-0.25, -0.2) is 4.98 Å². The molecule has 1 fully saturated rings. The summed E-state index contributed by atoms with van der Waals surface area (Å²) >= 11 is 0. The van der Waals surface area contributed by atoms with Gasteiger partial charge in [0.25, 0.3) is 0 Å². The molecule has 126 valence electrons. The maximum Gasteiger partial charge on any atom is 0.194 e. The molecule has 1 aliphatic heterocycles. The molecule has 0 aromatic carbocycles. The van der Waals surface area contributed by atoms with E-state index in [0.29, 0.717) is 12.0 Å². The van der Waals surface area contributed by atoms with Crippen LogP contribution in [0.5, 0.6) is 0 Å². The molecule has 0 bridgehead atoms. The van der Waals surface area contributed by atoms with Gasteiger partial charge < -0.3 is 10.2 Å². The first-order valence-corrected chi connectivity index (χ1v) is 7.86. The van der Waals surface area contributed by atoms with E-state index in [9.17, 15) is 0 Å². The van der Waals surface area contributed by atoms with Crippen molar-refractivity contribution in [1.82, 2.24) is 25.0 Å². The molecular formula is C15H29IN6. The van der Waals surface area contributed by atoms with E-state index in [1.54, 1.807) is 11.0 Å². The summed E-state index contributed by atoms with van der Waals surface area (Å²) in [4.78, 5) is 11.1. The van der Waals surface area contributed by atoms with Gasteiger partial charge in [0.15, 0.2) is 5.96 Å². The molecule has 2 rings (SSSR count). The van der Waals surface area contributed by atoms with Gasteiger partial charge >= 0.3 is 0 Å². The van der Waals surface area contributed by atoms with E-state index in [-0.39, 0.29) is 24.0 Å². The van der Waals surface area contributed by atoms with Gasteiger partial charge in [0, 0.05) is 27.2 Å². The Morgan fingerprint density at radius 2 is 2.27 bits per heavy atom. The Morgan fingerprint density at radius 3 is 2.86 bits per heavy atom. The lowest BCUT2D eigenvalue weighted by Crippen LogP contribution is -2.49. The third-order valence-corrected chi connectivity index (χ3v) is 4.36. The highest BCUT2D eigenvalue weighted by Gasteiger charge is 2.31. The monoisotopic (exact) mass is 420 g/mol. The van der Waals surface area contributed by atoms with E-state index in [0.717, 1.165) is 24.9 Å². The predicted octanol–water partition coefficient (Wildman–Crippen LogP) is 2.41. The summed E-state index contributed by atoms with van der Waals surface area (Å²) in [7, 11) is 3.76. The summed E-state index contributed by atoms with van der Waals surface area (Å²) in [6, 6.07) is 0. The van der Waals surface area contributed by atoms with Gasteiger partial charge in [-0.05, 0) is 24.7 Å². The number of halogens is 1. The minimum atomic E-state index is 0. The Labute approximate surface area is 150 Å². The van der Waals surface area contributed by atoms with Crippen LogP contribution in [-0.4, -0.2) is 45.8 Å². The Hall–Kier alpha value is -0.860. The molecule has 1 N–H and O–H groups in total. The molecule has 0 radical (unpaired) electrons. The number of piperidine rings is 1. The van der Waals surface area contributed by atoms with E-state index in [2.05, 4.69) is 39.1 Å². The van der Waals surface area contributed by atoms with Crippen LogP contribution in [0.1, 0.15) is 45.4 Å². The highest BCUT2D eigenvalue weighted by molar-refractivity contribution is 14.0. The van der Waals surface area contributed by atoms with Crippen LogP contribution < -0.4 is 5.32 Å². The van der Waals surface area contributed by atoms with Crippen molar-refractivity contribution in [2.24, 2.45) is 17.5 Å². The number of aliphatic imine (C=N–C) groups is 1. The normalized spacial score (nSPS) is 22.4. The number of aryl methyl sites for hydroxylation is 1. The number of hydrogen-bond acceptors (Lipinski definition) is 3. The van der Waals surface area contributed by atoms with Crippen LogP contribution in [0.25, 0.3) is 0 Å². The second-order valence-electron chi connectivity index (χ2n) is 6.29. The van der Waals surface area contributed by atoms with Gasteiger partial charge in [0.05, 0.1) is 6.54 Å². The first-order valence-electron chi connectivity index (χ1n) is 7.86. The van der Waals surface area contributed by atoms with Crippen LogP contribution in [0.4, 0.5) is 0 Å². The minimum Gasteiger partial charge on any atom is -0.349 e. The molecule has 1 aromatic heterocycles. The van der Waals surface area contributed by atoms with Gasteiger partial charge in [0.1, 0.15) is 12.2 Å². The Kier molecular flexibility index (Phi) is 7.58. The summed E-state index contributed by atoms with van der Waals surface area (Å²) in [5, 5.41) is 7.51. The molecule has 0 spiro atoms. The number of likely N-dealkylation sites (tertiary alicyclic amines) is 1. The average molecular weight is 420 g/mol. The van der Waals surface area contributed by atoms with Crippen molar-refractivity contribution in [3.8, 4) is 0 Å². The van der Waals surface area contributed by atoms with Crippen LogP contribution in [0.2, 0.25) is 0 Å². The first-order chi connectivity index (χ1) is 10.1. The molecule has 0 amide bonds. The zero-order valence-corrected chi connectivity index (χ0v) is 16.5. The maximum absolute atomic E-state index is 4.44. The number of nitrogens with zero attached hydrogens (tertiary/aromatic N) is 5. The first kappa shape index (κ1) is 19.2. The minimum absolute atomic E-state index is 0. The largest absolute Gasteiger partial charge is 0.349 e. The Bertz CT molecular complexity index is 482. The summed E-state index contributed by atoms with van der Waals surface area (Å²) < 4.78 is 1.79. The summed E-state index contributed by atoms with van der Waals surface area (Å²) in [6.45, 7) is 7.49. The Balaban J connectivity index is 0.00000242. The van der Waals surface area contributed by atoms with E-state index >= 15 is 0 Å². The molecule has 22 heavy (non-hydrogen) atoms. The van der Waals surface area contributed by atoms with E-state index < -0.39 is 0 Å². The molecule has 0 saturated carbocycles. The molecular weight excluding hydrogens is 391 g/mol. The van der Waals surface area contributed by atoms with Crippen molar-refractivity contribution in [2.45, 2.75) is 46.1 Å². The smallest absolute Gasteiger partial charge is 0.194 e. The van der Waals surface area contributed by atoms with Crippen molar-refractivity contribution in [2.75, 3.05) is 20.1 Å². The lowest BCUT2D eigenvalue weighted by molar-refractivity contribution is 0.142. The lowest BCUT2D eigenvalue weighted by Gasteiger charge is -2.42. The van der Waals surface area contributed by atoms with Crippen molar-refractivity contribution in [1.29, 1.82) is 0 Å². The fourth-order valence-electron chi connectivity index (χ4n) is 3.27. The lowest BCUT2D eigenvalue weighted by atomic mass is 9.78. The van der Waals surface area contributed by atoms with Gasteiger partial charge in [-0.1, -0.05) is 20.3 Å². The zero-order valence-electron chi connectivity index (χ0n) is 14.2. The van der Waals surface area contributed by atoms with Crippen LogP contribution in [0.3, 0.4) is 0 Å². The van der Waals surface area contributed by atoms with Crippen molar-refractivity contribution >= 4 is 29.9 Å². The fourth-order valence-corrected chi connectivity index (χ4v) is 3.27. The van der Waals surface area contributed by atoms with E-state index in [1.165, 1.54) is 25.7 Å². The molecule has 1 unspecified atom stereocenters. The highest BCUT2D eigenvalue weighted by atomic mass is 127. The van der Waals surface area contributed by atoms with Gasteiger partial charge in [-0.3, -0.25) is 9.67 Å². The number of aromatic nitrogens is 3. The second kappa shape index (κ2) is 8.69. The summed E-state index contributed by atoms with van der Waals surface area (Å²) in [6.07, 6.45) is 6.66. The second-order valence-corrected chi connectivity index (χ2v) is 6.29. The molecule has 1 saturated heterocycles. The van der Waals surface area contributed by atoms with E-state index in [4.69, 9.17) is 0 Å². The molecule has 1 aliphatic rings. The average Bonchev–Trinajstić information content (AvgIpc) is 2.85. The van der Waals surface area contributed by atoms with Crippen LogP contribution in [0, 0.1) is 5.41 Å². The number of guanidine groups is 1. The molecule has 2 heterocycles. The van der Waals surface area contributed by atoms with Gasteiger partial charge in [-0.15, -0.1) is 24.0 Å². The Morgan fingerprint density at radius 1 is 1.50 bits per heavy atom. The molecule has 1 aromatic rings. The number of nitrogens with one attached hydrogen (secondary N) is 1. The van der Waals surface area contributed by atoms with Crippen LogP contribution in [-0.2, 0) is 13.6 Å². The SMILES string of the molecule is CCCC1(C)CCCN(C(=NC)NCc2ncnn2C)C1.I. The van der Waals surface area contributed by atoms with Crippen molar-refractivity contribution < 1.29 is 0 Å². The van der Waals surface area contributed by atoms with Gasteiger partial charge in [0.2, 0.25) is 0 Å². The quantitative estimate of drug-likeness (QED) is 0.462.